The van der Waals surface area contributed by atoms with Crippen molar-refractivity contribution in [3.8, 4) is 0 Å². The Labute approximate surface area is 82.7 Å². The van der Waals surface area contributed by atoms with Crippen molar-refractivity contribution in [2.24, 2.45) is 0 Å². The lowest BCUT2D eigenvalue weighted by Crippen LogP contribution is -2.43. The van der Waals surface area contributed by atoms with E-state index in [9.17, 15) is 4.39 Å². The summed E-state index contributed by atoms with van der Waals surface area (Å²) >= 11 is 0. The summed E-state index contributed by atoms with van der Waals surface area (Å²) in [7, 11) is 0. The Morgan fingerprint density at radius 3 is 2.93 bits per heavy atom. The average molecular weight is 195 g/mol. The topological polar surface area (TPSA) is 37.0 Å². The number of rotatable bonds is 1. The first-order chi connectivity index (χ1) is 6.77. The van der Waals surface area contributed by atoms with E-state index < -0.39 is 0 Å². The van der Waals surface area contributed by atoms with E-state index in [1.807, 2.05) is 0 Å². The molecule has 0 aliphatic carbocycles. The smallest absolute Gasteiger partial charge is 0.144 e. The third-order valence-corrected chi connectivity index (χ3v) is 2.44. The van der Waals surface area contributed by atoms with Gasteiger partial charge in [0, 0.05) is 19.6 Å². The monoisotopic (exact) mass is 195 g/mol. The number of aryl methyl sites for hydroxylation is 1. The molecule has 0 saturated carbocycles. The van der Waals surface area contributed by atoms with Gasteiger partial charge in [-0.15, -0.1) is 0 Å². The van der Waals surface area contributed by atoms with Crippen molar-refractivity contribution in [3.05, 3.63) is 29.3 Å². The Bertz CT molecular complexity index is 321. The van der Waals surface area contributed by atoms with Gasteiger partial charge in [0.25, 0.3) is 0 Å². The van der Waals surface area contributed by atoms with Crippen molar-refractivity contribution in [3.63, 3.8) is 0 Å². The first-order valence-corrected chi connectivity index (χ1v) is 4.84. The fourth-order valence-corrected chi connectivity index (χ4v) is 1.62. The Hall–Kier alpha value is -1.00. The highest BCUT2D eigenvalue weighted by Gasteiger charge is 2.15. The van der Waals surface area contributed by atoms with Crippen LogP contribution in [-0.4, -0.2) is 24.6 Å². The van der Waals surface area contributed by atoms with E-state index in [-0.39, 0.29) is 11.9 Å². The van der Waals surface area contributed by atoms with E-state index in [1.54, 1.807) is 13.0 Å². The Morgan fingerprint density at radius 2 is 2.29 bits per heavy atom. The lowest BCUT2D eigenvalue weighted by Gasteiger charge is -2.24. The first-order valence-electron chi connectivity index (χ1n) is 4.84. The van der Waals surface area contributed by atoms with Crippen molar-refractivity contribution in [1.29, 1.82) is 0 Å². The van der Waals surface area contributed by atoms with E-state index in [1.165, 1.54) is 6.07 Å². The second kappa shape index (κ2) is 4.02. The van der Waals surface area contributed by atoms with Crippen molar-refractivity contribution in [1.82, 2.24) is 15.6 Å². The molecule has 0 spiro atoms. The highest BCUT2D eigenvalue weighted by atomic mass is 19.1. The van der Waals surface area contributed by atoms with Crippen LogP contribution in [0.3, 0.4) is 0 Å². The maximum Gasteiger partial charge on any atom is 0.144 e. The molecule has 1 aliphatic rings. The van der Waals surface area contributed by atoms with Crippen LogP contribution in [0.25, 0.3) is 0 Å². The van der Waals surface area contributed by atoms with Crippen LogP contribution in [0.1, 0.15) is 17.4 Å². The van der Waals surface area contributed by atoms with Gasteiger partial charge in [-0.1, -0.05) is 0 Å². The van der Waals surface area contributed by atoms with E-state index in [2.05, 4.69) is 15.6 Å². The molecule has 0 amide bonds. The van der Waals surface area contributed by atoms with Gasteiger partial charge in [-0.25, -0.2) is 4.39 Å². The van der Waals surface area contributed by atoms with Crippen LogP contribution in [0.4, 0.5) is 4.39 Å². The summed E-state index contributed by atoms with van der Waals surface area (Å²) in [6.45, 7) is 4.46. The van der Waals surface area contributed by atoms with Crippen LogP contribution in [0, 0.1) is 12.7 Å². The molecule has 1 atom stereocenters. The molecule has 1 aromatic heterocycles. The van der Waals surface area contributed by atoms with Gasteiger partial charge in [0.05, 0.1) is 17.4 Å². The molecule has 76 valence electrons. The first kappa shape index (κ1) is 9.55. The Balaban J connectivity index is 2.18. The predicted octanol–water partition coefficient (Wildman–Crippen LogP) is 0.763. The highest BCUT2D eigenvalue weighted by molar-refractivity contribution is 5.16. The van der Waals surface area contributed by atoms with Crippen LogP contribution in [-0.2, 0) is 0 Å². The SMILES string of the molecule is Cc1nc(C2CNCCN2)ccc1F. The van der Waals surface area contributed by atoms with Gasteiger partial charge in [-0.3, -0.25) is 4.98 Å². The van der Waals surface area contributed by atoms with Gasteiger partial charge < -0.3 is 10.6 Å². The van der Waals surface area contributed by atoms with E-state index in [4.69, 9.17) is 0 Å². The number of pyridine rings is 1. The summed E-state index contributed by atoms with van der Waals surface area (Å²) in [4.78, 5) is 4.22. The molecule has 14 heavy (non-hydrogen) atoms. The standard InChI is InChI=1S/C10H14FN3/c1-7-8(11)2-3-9(14-7)10-6-12-4-5-13-10/h2-3,10,12-13H,4-6H2,1H3. The molecule has 2 heterocycles. The van der Waals surface area contributed by atoms with E-state index in [0.29, 0.717) is 5.69 Å². The maximum atomic E-state index is 13.0. The zero-order chi connectivity index (χ0) is 9.97. The molecule has 0 bridgehead atoms. The number of hydrogen-bond donors (Lipinski definition) is 2. The van der Waals surface area contributed by atoms with Crippen molar-refractivity contribution >= 4 is 0 Å². The average Bonchev–Trinajstić information content (AvgIpc) is 2.23. The quantitative estimate of drug-likeness (QED) is 0.694. The van der Waals surface area contributed by atoms with E-state index >= 15 is 0 Å². The molecule has 1 aromatic rings. The van der Waals surface area contributed by atoms with Crippen molar-refractivity contribution in [2.75, 3.05) is 19.6 Å². The molecule has 4 heteroatoms. The highest BCUT2D eigenvalue weighted by Crippen LogP contribution is 2.13. The minimum atomic E-state index is -0.238. The van der Waals surface area contributed by atoms with Crippen molar-refractivity contribution in [2.45, 2.75) is 13.0 Å². The minimum absolute atomic E-state index is 0.211. The molecule has 1 fully saturated rings. The Kier molecular flexibility index (Phi) is 2.74. The zero-order valence-electron chi connectivity index (χ0n) is 8.18. The summed E-state index contributed by atoms with van der Waals surface area (Å²) < 4.78 is 13.0. The van der Waals surface area contributed by atoms with Gasteiger partial charge in [0.15, 0.2) is 0 Å². The van der Waals surface area contributed by atoms with Crippen LogP contribution in [0.2, 0.25) is 0 Å². The van der Waals surface area contributed by atoms with Crippen LogP contribution >= 0.6 is 0 Å². The lowest BCUT2D eigenvalue weighted by molar-refractivity contribution is 0.421. The van der Waals surface area contributed by atoms with Crippen molar-refractivity contribution < 1.29 is 4.39 Å². The van der Waals surface area contributed by atoms with Gasteiger partial charge in [-0.2, -0.15) is 0 Å². The molecule has 0 radical (unpaired) electrons. The fraction of sp³-hybridized carbons (Fsp3) is 0.500. The largest absolute Gasteiger partial charge is 0.314 e. The Morgan fingerprint density at radius 1 is 1.43 bits per heavy atom. The molecule has 2 N–H and O–H groups in total. The number of piperazine rings is 1. The molecular weight excluding hydrogens is 181 g/mol. The molecule has 1 saturated heterocycles. The summed E-state index contributed by atoms with van der Waals surface area (Å²) in [5.41, 5.74) is 1.38. The second-order valence-corrected chi connectivity index (χ2v) is 3.51. The normalized spacial score (nSPS) is 22.3. The van der Waals surface area contributed by atoms with Gasteiger partial charge in [0.1, 0.15) is 5.82 Å². The molecule has 2 rings (SSSR count). The second-order valence-electron chi connectivity index (χ2n) is 3.51. The van der Waals surface area contributed by atoms with Crippen LogP contribution in [0.15, 0.2) is 12.1 Å². The summed E-state index contributed by atoms with van der Waals surface area (Å²) in [5, 5.41) is 6.61. The minimum Gasteiger partial charge on any atom is -0.314 e. The third-order valence-electron chi connectivity index (χ3n) is 2.44. The number of aromatic nitrogens is 1. The van der Waals surface area contributed by atoms with E-state index in [0.717, 1.165) is 25.3 Å². The third kappa shape index (κ3) is 1.91. The number of nitrogens with zero attached hydrogens (tertiary/aromatic N) is 1. The van der Waals surface area contributed by atoms with Gasteiger partial charge in [0.2, 0.25) is 0 Å². The molecule has 0 aromatic carbocycles. The molecule has 1 unspecified atom stereocenters. The number of nitrogens with one attached hydrogen (secondary N) is 2. The molecule has 1 aliphatic heterocycles. The summed E-state index contributed by atoms with van der Waals surface area (Å²) in [5.74, 6) is -0.238. The maximum absolute atomic E-state index is 13.0. The van der Waals surface area contributed by atoms with Crippen LogP contribution in [0.5, 0.6) is 0 Å². The fourth-order valence-electron chi connectivity index (χ4n) is 1.62. The lowest BCUT2D eigenvalue weighted by atomic mass is 10.1. The summed E-state index contributed by atoms with van der Waals surface area (Å²) in [6, 6.07) is 3.43. The van der Waals surface area contributed by atoms with Gasteiger partial charge in [-0.05, 0) is 19.1 Å². The molecular formula is C10H14FN3. The number of halogens is 1. The zero-order valence-corrected chi connectivity index (χ0v) is 8.18. The van der Waals surface area contributed by atoms with Gasteiger partial charge >= 0.3 is 0 Å². The number of hydrogen-bond acceptors (Lipinski definition) is 3. The molecule has 3 nitrogen and oxygen atoms in total. The van der Waals surface area contributed by atoms with Crippen LogP contribution < -0.4 is 10.6 Å². The summed E-state index contributed by atoms with van der Waals surface area (Å²) in [6.07, 6.45) is 0. The predicted molar refractivity (Wildman–Crippen MR) is 52.5 cm³/mol.